The van der Waals surface area contributed by atoms with Crippen molar-refractivity contribution in [2.45, 2.75) is 24.7 Å². The van der Waals surface area contributed by atoms with Crippen molar-refractivity contribution in [1.29, 1.82) is 0 Å². The number of hydrogen-bond acceptors (Lipinski definition) is 6. The van der Waals surface area contributed by atoms with Gasteiger partial charge in [0.05, 0.1) is 16.8 Å². The number of benzene rings is 2. The van der Waals surface area contributed by atoms with E-state index in [0.717, 1.165) is 43.4 Å². The minimum Gasteiger partial charge on any atom is -0.481 e. The molecule has 0 bridgehead atoms. The zero-order valence-electron chi connectivity index (χ0n) is 17.2. The fourth-order valence-corrected chi connectivity index (χ4v) is 6.12. The van der Waals surface area contributed by atoms with E-state index in [2.05, 4.69) is 29.2 Å². The van der Waals surface area contributed by atoms with Crippen LogP contribution in [0.1, 0.15) is 16.0 Å². The van der Waals surface area contributed by atoms with Crippen LogP contribution in [0.25, 0.3) is 15.9 Å². The minimum atomic E-state index is -0.939. The molecule has 4 aromatic rings. The van der Waals surface area contributed by atoms with Crippen LogP contribution >= 0.6 is 23.1 Å². The molecule has 3 heterocycles. The van der Waals surface area contributed by atoms with Gasteiger partial charge in [-0.1, -0.05) is 60.3 Å². The van der Waals surface area contributed by atoms with Crippen LogP contribution in [0, 0.1) is 0 Å². The number of thiophene rings is 1. The Morgan fingerprint density at radius 1 is 1.09 bits per heavy atom. The summed E-state index contributed by atoms with van der Waals surface area (Å²) in [6, 6.07) is 19.7. The molecular formula is C24H21N3O3S2. The van der Waals surface area contributed by atoms with Crippen molar-refractivity contribution < 1.29 is 9.90 Å². The topological polar surface area (TPSA) is 75.4 Å². The highest BCUT2D eigenvalue weighted by Crippen LogP contribution is 2.34. The van der Waals surface area contributed by atoms with Gasteiger partial charge in [0, 0.05) is 24.5 Å². The van der Waals surface area contributed by atoms with Gasteiger partial charge in [0.25, 0.3) is 5.56 Å². The summed E-state index contributed by atoms with van der Waals surface area (Å²) in [5.41, 5.74) is 2.93. The van der Waals surface area contributed by atoms with Crippen LogP contribution in [0.3, 0.4) is 0 Å². The number of rotatable bonds is 6. The Morgan fingerprint density at radius 3 is 2.53 bits per heavy atom. The van der Waals surface area contributed by atoms with Crippen LogP contribution < -0.4 is 5.56 Å². The van der Waals surface area contributed by atoms with Gasteiger partial charge in [-0.3, -0.25) is 19.1 Å². The molecule has 6 nitrogen and oxygen atoms in total. The Kier molecular flexibility index (Phi) is 5.82. The van der Waals surface area contributed by atoms with E-state index in [0.29, 0.717) is 21.1 Å². The molecule has 8 heteroatoms. The van der Waals surface area contributed by atoms with Crippen molar-refractivity contribution in [3.8, 4) is 5.69 Å². The number of carboxylic acid groups (broad SMARTS) is 1. The molecule has 0 fully saturated rings. The second-order valence-corrected chi connectivity index (χ2v) is 9.71. The van der Waals surface area contributed by atoms with E-state index in [1.54, 1.807) is 15.9 Å². The quantitative estimate of drug-likeness (QED) is 0.342. The smallest absolute Gasteiger partial charge is 0.313 e. The molecule has 0 amide bonds. The number of hydrogen-bond donors (Lipinski definition) is 1. The first-order valence-corrected chi connectivity index (χ1v) is 12.1. The molecule has 5 rings (SSSR count). The summed E-state index contributed by atoms with van der Waals surface area (Å²) in [7, 11) is 0. The highest BCUT2D eigenvalue weighted by Gasteiger charge is 2.26. The summed E-state index contributed by atoms with van der Waals surface area (Å²) in [6.07, 6.45) is 0.801. The largest absolute Gasteiger partial charge is 0.481 e. The predicted octanol–water partition coefficient (Wildman–Crippen LogP) is 4.18. The van der Waals surface area contributed by atoms with Gasteiger partial charge in [0.1, 0.15) is 4.83 Å². The molecule has 2 aromatic carbocycles. The molecule has 1 aliphatic rings. The zero-order valence-corrected chi connectivity index (χ0v) is 18.9. The third-order valence-electron chi connectivity index (χ3n) is 5.51. The Hall–Kier alpha value is -2.94. The lowest BCUT2D eigenvalue weighted by atomic mass is 10.0. The maximum Gasteiger partial charge on any atom is 0.313 e. The Balaban J connectivity index is 1.57. The molecule has 1 N–H and O–H groups in total. The molecule has 0 spiro atoms. The number of carbonyl (C=O) groups is 1. The molecule has 0 saturated heterocycles. The summed E-state index contributed by atoms with van der Waals surface area (Å²) in [4.78, 5) is 33.9. The number of nitrogens with zero attached hydrogens (tertiary/aromatic N) is 3. The van der Waals surface area contributed by atoms with Gasteiger partial charge in [0.2, 0.25) is 0 Å². The number of para-hydroxylation sites is 1. The first-order valence-electron chi connectivity index (χ1n) is 10.3. The Bertz CT molecular complexity index is 1330. The normalized spacial score (nSPS) is 13.9. The Morgan fingerprint density at radius 2 is 1.81 bits per heavy atom. The van der Waals surface area contributed by atoms with Gasteiger partial charge in [-0.25, -0.2) is 4.98 Å². The predicted molar refractivity (Wildman–Crippen MR) is 128 cm³/mol. The van der Waals surface area contributed by atoms with Crippen LogP contribution in [0.15, 0.2) is 70.6 Å². The van der Waals surface area contributed by atoms with Gasteiger partial charge < -0.3 is 5.11 Å². The molecule has 0 unspecified atom stereocenters. The molecule has 0 aliphatic carbocycles. The molecule has 0 radical (unpaired) electrons. The number of thioether (sulfide) groups is 1. The lowest BCUT2D eigenvalue weighted by Gasteiger charge is -2.26. The van der Waals surface area contributed by atoms with Crippen molar-refractivity contribution >= 4 is 39.3 Å². The third-order valence-corrected chi connectivity index (χ3v) is 7.54. The number of aliphatic carboxylic acids is 1. The average Bonchev–Trinajstić information content (AvgIpc) is 3.17. The molecular weight excluding hydrogens is 442 g/mol. The molecule has 162 valence electrons. The average molecular weight is 464 g/mol. The Labute approximate surface area is 193 Å². The van der Waals surface area contributed by atoms with E-state index < -0.39 is 5.97 Å². The fraction of sp³-hybridized carbons (Fsp3) is 0.208. The maximum absolute atomic E-state index is 13.7. The van der Waals surface area contributed by atoms with Gasteiger partial charge in [-0.05, 0) is 29.7 Å². The SMILES string of the molecule is O=C(O)CSc1nc2sc3c(c2c(=O)n1-c1ccccc1)CCN(Cc1ccccc1)C3. The number of carboxylic acids is 1. The number of aromatic nitrogens is 2. The van der Waals surface area contributed by atoms with Crippen molar-refractivity contribution in [2.24, 2.45) is 0 Å². The highest BCUT2D eigenvalue weighted by molar-refractivity contribution is 7.99. The zero-order chi connectivity index (χ0) is 22.1. The summed E-state index contributed by atoms with van der Waals surface area (Å²) >= 11 is 2.63. The van der Waals surface area contributed by atoms with Crippen molar-refractivity contribution in [2.75, 3.05) is 12.3 Å². The van der Waals surface area contributed by atoms with Crippen LogP contribution in [-0.2, 0) is 24.3 Å². The van der Waals surface area contributed by atoms with E-state index in [4.69, 9.17) is 10.1 Å². The van der Waals surface area contributed by atoms with Crippen LogP contribution in [0.2, 0.25) is 0 Å². The van der Waals surface area contributed by atoms with Gasteiger partial charge >= 0.3 is 5.97 Å². The third kappa shape index (κ3) is 4.09. The van der Waals surface area contributed by atoms with Gasteiger partial charge in [-0.15, -0.1) is 11.3 Å². The van der Waals surface area contributed by atoms with E-state index >= 15 is 0 Å². The van der Waals surface area contributed by atoms with E-state index in [9.17, 15) is 9.59 Å². The van der Waals surface area contributed by atoms with E-state index in [1.807, 2.05) is 36.4 Å². The van der Waals surface area contributed by atoms with Crippen LogP contribution in [-0.4, -0.2) is 37.8 Å². The molecule has 0 saturated carbocycles. The first-order chi connectivity index (χ1) is 15.6. The standard InChI is InChI=1S/C24H21N3O3S2/c28-20(29)15-31-24-25-22-21(23(30)27(24)17-9-5-2-6-10-17)18-11-12-26(14-19(18)32-22)13-16-7-3-1-4-8-16/h1-10H,11-15H2,(H,28,29). The summed E-state index contributed by atoms with van der Waals surface area (Å²) in [5, 5.41) is 10.2. The number of fused-ring (bicyclic) bond motifs is 3. The van der Waals surface area contributed by atoms with Crippen LogP contribution in [0.5, 0.6) is 0 Å². The second kappa shape index (κ2) is 8.90. The highest BCUT2D eigenvalue weighted by atomic mass is 32.2. The van der Waals surface area contributed by atoms with Gasteiger partial charge in [-0.2, -0.15) is 0 Å². The van der Waals surface area contributed by atoms with Gasteiger partial charge in [0.15, 0.2) is 5.16 Å². The second-order valence-electron chi connectivity index (χ2n) is 7.68. The summed E-state index contributed by atoms with van der Waals surface area (Å²) in [6.45, 7) is 2.54. The summed E-state index contributed by atoms with van der Waals surface area (Å²) in [5.74, 6) is -1.09. The van der Waals surface area contributed by atoms with E-state index in [1.165, 1.54) is 10.4 Å². The molecule has 1 aliphatic heterocycles. The van der Waals surface area contributed by atoms with Crippen molar-refractivity contribution in [3.63, 3.8) is 0 Å². The monoisotopic (exact) mass is 463 g/mol. The molecule has 32 heavy (non-hydrogen) atoms. The minimum absolute atomic E-state index is 0.122. The lowest BCUT2D eigenvalue weighted by molar-refractivity contribution is -0.133. The lowest BCUT2D eigenvalue weighted by Crippen LogP contribution is -2.30. The molecule has 0 atom stereocenters. The van der Waals surface area contributed by atoms with Crippen molar-refractivity contribution in [1.82, 2.24) is 14.5 Å². The first kappa shape index (κ1) is 20.9. The van der Waals surface area contributed by atoms with Crippen LogP contribution in [0.4, 0.5) is 0 Å². The maximum atomic E-state index is 13.7. The fourth-order valence-electron chi connectivity index (χ4n) is 4.08. The summed E-state index contributed by atoms with van der Waals surface area (Å²) < 4.78 is 1.55. The molecule has 2 aromatic heterocycles. The van der Waals surface area contributed by atoms with E-state index in [-0.39, 0.29) is 11.3 Å². The van der Waals surface area contributed by atoms with Crippen molar-refractivity contribution in [3.05, 3.63) is 87.0 Å².